The van der Waals surface area contributed by atoms with Crippen molar-refractivity contribution in [3.63, 3.8) is 0 Å². The molecule has 0 saturated carbocycles. The van der Waals surface area contributed by atoms with Crippen LogP contribution in [0.25, 0.3) is 0 Å². The third kappa shape index (κ3) is 1.81. The molecule has 3 atom stereocenters. The minimum atomic E-state index is -6.62. The van der Waals surface area contributed by atoms with Crippen LogP contribution in [0, 0.1) is 0 Å². The van der Waals surface area contributed by atoms with E-state index in [1.165, 1.54) is 0 Å². The molecule has 0 aliphatic carbocycles. The summed E-state index contributed by atoms with van der Waals surface area (Å²) in [6.45, 7) is -1.34. The van der Waals surface area contributed by atoms with Crippen LogP contribution < -0.4 is 0 Å². The zero-order valence-electron chi connectivity index (χ0n) is 10.6. The Morgan fingerprint density at radius 3 is 1.36 bits per heavy atom. The second kappa shape index (κ2) is 4.17. The fraction of sp³-hybridized carbons (Fsp3) is 1.00. The molecule has 1 rings (SSSR count). The molecule has 0 aromatic rings. The van der Waals surface area contributed by atoms with Crippen LogP contribution in [0.2, 0.25) is 0 Å². The Hall–Kier alpha value is -0.820. The first-order valence-corrected chi connectivity index (χ1v) is 5.25. The number of alkyl halides is 10. The van der Waals surface area contributed by atoms with Crippen LogP contribution >= 0.6 is 0 Å². The van der Waals surface area contributed by atoms with Gasteiger partial charge in [0.15, 0.2) is 5.60 Å². The van der Waals surface area contributed by atoms with Crippen LogP contribution in [0.15, 0.2) is 0 Å². The number of halogens is 10. The van der Waals surface area contributed by atoms with E-state index >= 15 is 0 Å². The molecule has 132 valence electrons. The largest absolute Gasteiger partial charge is 0.449 e. The normalized spacial score (nSPS) is 42.3. The van der Waals surface area contributed by atoms with E-state index in [2.05, 4.69) is 4.74 Å². The van der Waals surface area contributed by atoms with Crippen molar-refractivity contribution in [3.05, 3.63) is 0 Å². The zero-order valence-corrected chi connectivity index (χ0v) is 10.6. The van der Waals surface area contributed by atoms with Crippen molar-refractivity contribution in [3.8, 4) is 0 Å². The average molecular weight is 354 g/mol. The van der Waals surface area contributed by atoms with Crippen molar-refractivity contribution in [1.29, 1.82) is 0 Å². The second-order valence-electron chi connectivity index (χ2n) is 5.00. The van der Waals surface area contributed by atoms with Gasteiger partial charge in [0.2, 0.25) is 5.60 Å². The molecule has 0 aromatic heterocycles. The van der Waals surface area contributed by atoms with Gasteiger partial charge in [0.05, 0.1) is 0 Å². The molecule has 3 nitrogen and oxygen atoms in total. The summed E-state index contributed by atoms with van der Waals surface area (Å²) in [5.41, 5.74) is -10.5. The summed E-state index contributed by atoms with van der Waals surface area (Å²) >= 11 is 0. The minimum absolute atomic E-state index is 0.657. The lowest BCUT2D eigenvalue weighted by atomic mass is 9.73. The van der Waals surface area contributed by atoms with Gasteiger partial charge in [-0.05, 0) is 13.8 Å². The van der Waals surface area contributed by atoms with E-state index in [4.69, 9.17) is 10.2 Å². The fourth-order valence-electron chi connectivity index (χ4n) is 1.89. The smallest absolute Gasteiger partial charge is 0.378 e. The monoisotopic (exact) mass is 354 g/mol. The maximum absolute atomic E-state index is 13.7. The molecule has 3 unspecified atom stereocenters. The molecular weight excluding hydrogens is 346 g/mol. The number of aliphatic hydroxyl groups is 2. The Kier molecular flexibility index (Phi) is 3.65. The second-order valence-corrected chi connectivity index (χ2v) is 5.00. The van der Waals surface area contributed by atoms with Crippen molar-refractivity contribution in [1.82, 2.24) is 0 Å². The molecule has 22 heavy (non-hydrogen) atoms. The molecule has 13 heteroatoms. The predicted octanol–water partition coefficient (Wildman–Crippen LogP) is 2.61. The molecule has 1 saturated heterocycles. The summed E-state index contributed by atoms with van der Waals surface area (Å²) in [5, 5.41) is 18.0. The van der Waals surface area contributed by atoms with Gasteiger partial charge in [-0.25, -0.2) is 0 Å². The van der Waals surface area contributed by atoms with Gasteiger partial charge in [-0.1, -0.05) is 0 Å². The fourth-order valence-corrected chi connectivity index (χ4v) is 1.89. The SMILES string of the molecule is CC1(O)C(F)(F)C(C)(C(F)(F)F)OC(O)(C(F)(F)F)C1(F)F. The van der Waals surface area contributed by atoms with Gasteiger partial charge in [0, 0.05) is 0 Å². The van der Waals surface area contributed by atoms with Gasteiger partial charge in [0.25, 0.3) is 0 Å². The van der Waals surface area contributed by atoms with Crippen molar-refractivity contribution < 1.29 is 58.9 Å². The highest BCUT2D eigenvalue weighted by Crippen LogP contribution is 2.64. The molecule has 1 aliphatic heterocycles. The van der Waals surface area contributed by atoms with Crippen LogP contribution in [-0.2, 0) is 4.74 Å². The first-order chi connectivity index (χ1) is 9.21. The van der Waals surface area contributed by atoms with E-state index < -0.39 is 55.0 Å². The molecule has 0 spiro atoms. The standard InChI is InChI=1S/C9H8F10O3/c1-3(20)5(10,11)4(2,8(14,15)16)22-7(21,6(3,12)13)9(17,18)19/h20-21H,1-2H3. The Labute approximate surface area is 115 Å². The number of rotatable bonds is 0. The Morgan fingerprint density at radius 2 is 1.09 bits per heavy atom. The predicted molar refractivity (Wildman–Crippen MR) is 47.1 cm³/mol. The van der Waals surface area contributed by atoms with E-state index in [0.717, 1.165) is 0 Å². The molecule has 0 aromatic carbocycles. The van der Waals surface area contributed by atoms with Gasteiger partial charge >= 0.3 is 30.0 Å². The zero-order chi connectivity index (χ0) is 18.2. The van der Waals surface area contributed by atoms with Crippen molar-refractivity contribution in [2.75, 3.05) is 0 Å². The Bertz CT molecular complexity index is 427. The average Bonchev–Trinajstić information content (AvgIpc) is 2.23. The van der Waals surface area contributed by atoms with Gasteiger partial charge in [-0.3, -0.25) is 0 Å². The number of ether oxygens (including phenoxy) is 1. The first kappa shape index (κ1) is 19.2. The van der Waals surface area contributed by atoms with Crippen molar-refractivity contribution >= 4 is 0 Å². The van der Waals surface area contributed by atoms with Gasteiger partial charge in [0.1, 0.15) is 0 Å². The third-order valence-electron chi connectivity index (χ3n) is 3.52. The van der Waals surface area contributed by atoms with Crippen LogP contribution in [0.3, 0.4) is 0 Å². The lowest BCUT2D eigenvalue weighted by Gasteiger charge is -2.57. The molecule has 1 heterocycles. The van der Waals surface area contributed by atoms with Crippen LogP contribution in [0.4, 0.5) is 43.9 Å². The highest BCUT2D eigenvalue weighted by molar-refractivity contribution is 5.21. The summed E-state index contributed by atoms with van der Waals surface area (Å²) in [6.07, 6.45) is -13.0. The summed E-state index contributed by atoms with van der Waals surface area (Å²) in [4.78, 5) is 0. The van der Waals surface area contributed by atoms with Crippen LogP contribution in [-0.4, -0.2) is 51.4 Å². The summed E-state index contributed by atoms with van der Waals surface area (Å²) in [6, 6.07) is 0. The lowest BCUT2D eigenvalue weighted by molar-refractivity contribution is -0.554. The highest BCUT2D eigenvalue weighted by atomic mass is 19.4. The molecular formula is C9H8F10O3. The molecule has 2 N–H and O–H groups in total. The third-order valence-corrected chi connectivity index (χ3v) is 3.52. The maximum Gasteiger partial charge on any atom is 0.449 e. The quantitative estimate of drug-likeness (QED) is 0.658. The summed E-state index contributed by atoms with van der Waals surface area (Å²) in [5.74, 6) is -18.1. The number of hydrogen-bond acceptors (Lipinski definition) is 3. The van der Waals surface area contributed by atoms with Gasteiger partial charge < -0.3 is 14.9 Å². The van der Waals surface area contributed by atoms with E-state index in [-0.39, 0.29) is 0 Å². The Morgan fingerprint density at radius 1 is 0.727 bits per heavy atom. The first-order valence-electron chi connectivity index (χ1n) is 5.25. The molecule has 1 aliphatic rings. The van der Waals surface area contributed by atoms with Crippen molar-refractivity contribution in [2.24, 2.45) is 0 Å². The van der Waals surface area contributed by atoms with Gasteiger partial charge in [-0.2, -0.15) is 43.9 Å². The lowest BCUT2D eigenvalue weighted by Crippen LogP contribution is -2.85. The van der Waals surface area contributed by atoms with Gasteiger partial charge in [-0.15, -0.1) is 0 Å². The molecule has 0 radical (unpaired) electrons. The number of hydrogen-bond donors (Lipinski definition) is 2. The topological polar surface area (TPSA) is 49.7 Å². The van der Waals surface area contributed by atoms with E-state index in [1.54, 1.807) is 0 Å². The molecule has 0 amide bonds. The van der Waals surface area contributed by atoms with E-state index in [9.17, 15) is 43.9 Å². The molecule has 0 bridgehead atoms. The summed E-state index contributed by atoms with van der Waals surface area (Å²) in [7, 11) is 0. The summed E-state index contributed by atoms with van der Waals surface area (Å²) < 4.78 is 133. The Balaban J connectivity index is 3.79. The highest BCUT2D eigenvalue weighted by Gasteiger charge is 2.93. The molecule has 1 fully saturated rings. The van der Waals surface area contributed by atoms with E-state index in [0.29, 0.717) is 0 Å². The van der Waals surface area contributed by atoms with E-state index in [1.807, 2.05) is 0 Å². The maximum atomic E-state index is 13.7. The van der Waals surface area contributed by atoms with Crippen LogP contribution in [0.1, 0.15) is 13.8 Å². The minimum Gasteiger partial charge on any atom is -0.378 e. The van der Waals surface area contributed by atoms with Crippen LogP contribution in [0.5, 0.6) is 0 Å². The van der Waals surface area contributed by atoms with Crippen molar-refractivity contribution in [2.45, 2.75) is 55.0 Å².